The zero-order valence-corrected chi connectivity index (χ0v) is 11.9. The highest BCUT2D eigenvalue weighted by Crippen LogP contribution is 2.17. The summed E-state index contributed by atoms with van der Waals surface area (Å²) in [5.74, 6) is -6.47. The Balaban J connectivity index is 2.23. The topological polar surface area (TPSA) is 68.3 Å². The van der Waals surface area contributed by atoms with Crippen LogP contribution < -0.4 is 5.32 Å². The van der Waals surface area contributed by atoms with Crippen molar-refractivity contribution >= 4 is 17.7 Å². The van der Waals surface area contributed by atoms with Gasteiger partial charge in [0.05, 0.1) is 17.7 Å². The van der Waals surface area contributed by atoms with Crippen LogP contribution in [0.4, 0.5) is 19.0 Å². The minimum Gasteiger partial charge on any atom is -0.462 e. The molecule has 1 aromatic heterocycles. The molecule has 0 spiro atoms. The van der Waals surface area contributed by atoms with Crippen LogP contribution >= 0.6 is 0 Å². The second-order valence-corrected chi connectivity index (χ2v) is 4.33. The summed E-state index contributed by atoms with van der Waals surface area (Å²) in [6, 6.07) is 4.02. The molecular weight excluding hydrogens is 313 g/mol. The lowest BCUT2D eigenvalue weighted by Crippen LogP contribution is -2.16. The Kier molecular flexibility index (Phi) is 4.95. The van der Waals surface area contributed by atoms with Gasteiger partial charge in [-0.15, -0.1) is 0 Å². The first-order valence-electron chi connectivity index (χ1n) is 6.52. The molecule has 0 aliphatic heterocycles. The highest BCUT2D eigenvalue weighted by Gasteiger charge is 2.19. The molecule has 1 amide bonds. The summed E-state index contributed by atoms with van der Waals surface area (Å²) in [5, 5.41) is 2.20. The number of amides is 1. The summed E-state index contributed by atoms with van der Waals surface area (Å²) in [4.78, 5) is 27.3. The van der Waals surface area contributed by atoms with Gasteiger partial charge in [0, 0.05) is 6.20 Å². The van der Waals surface area contributed by atoms with Crippen molar-refractivity contribution in [3.05, 3.63) is 59.0 Å². The van der Waals surface area contributed by atoms with Crippen molar-refractivity contribution in [2.45, 2.75) is 6.92 Å². The first-order valence-corrected chi connectivity index (χ1v) is 6.52. The number of rotatable bonds is 4. The SMILES string of the molecule is CCOC(=O)c1ccnc(NC(=O)c2ccc(F)c(F)c2F)c1. The molecule has 0 saturated heterocycles. The third kappa shape index (κ3) is 3.65. The maximum atomic E-state index is 13.6. The molecule has 0 bridgehead atoms. The van der Waals surface area contributed by atoms with Gasteiger partial charge in [0.2, 0.25) is 0 Å². The van der Waals surface area contributed by atoms with Gasteiger partial charge in [-0.1, -0.05) is 0 Å². The molecule has 2 rings (SSSR count). The Morgan fingerprint density at radius 3 is 2.61 bits per heavy atom. The molecule has 0 fully saturated rings. The van der Waals surface area contributed by atoms with Gasteiger partial charge in [-0.25, -0.2) is 22.9 Å². The van der Waals surface area contributed by atoms with Gasteiger partial charge >= 0.3 is 5.97 Å². The molecule has 0 radical (unpaired) electrons. The lowest BCUT2D eigenvalue weighted by atomic mass is 10.2. The molecule has 1 N–H and O–H groups in total. The number of hydrogen-bond donors (Lipinski definition) is 1. The molecule has 5 nitrogen and oxygen atoms in total. The normalized spacial score (nSPS) is 10.3. The lowest BCUT2D eigenvalue weighted by molar-refractivity contribution is 0.0526. The molecular formula is C15H11F3N2O3. The van der Waals surface area contributed by atoms with Crippen LogP contribution in [-0.4, -0.2) is 23.5 Å². The number of aromatic nitrogens is 1. The van der Waals surface area contributed by atoms with Crippen LogP contribution in [0.1, 0.15) is 27.6 Å². The van der Waals surface area contributed by atoms with Crippen molar-refractivity contribution in [1.82, 2.24) is 4.98 Å². The van der Waals surface area contributed by atoms with Crippen molar-refractivity contribution in [2.75, 3.05) is 11.9 Å². The van der Waals surface area contributed by atoms with E-state index in [0.29, 0.717) is 6.07 Å². The number of nitrogens with one attached hydrogen (secondary N) is 1. The Morgan fingerprint density at radius 2 is 1.91 bits per heavy atom. The zero-order chi connectivity index (χ0) is 17.0. The number of halogens is 3. The third-order valence-corrected chi connectivity index (χ3v) is 2.79. The number of benzene rings is 1. The number of esters is 1. The number of nitrogens with zero attached hydrogens (tertiary/aromatic N) is 1. The average molecular weight is 324 g/mol. The van der Waals surface area contributed by atoms with Crippen LogP contribution in [0.15, 0.2) is 30.5 Å². The molecule has 1 heterocycles. The maximum Gasteiger partial charge on any atom is 0.338 e. The van der Waals surface area contributed by atoms with Crippen LogP contribution in [0.2, 0.25) is 0 Å². The molecule has 1 aromatic carbocycles. The fourth-order valence-electron chi connectivity index (χ4n) is 1.73. The van der Waals surface area contributed by atoms with E-state index in [-0.39, 0.29) is 18.0 Å². The van der Waals surface area contributed by atoms with Crippen molar-refractivity contribution in [3.8, 4) is 0 Å². The second-order valence-electron chi connectivity index (χ2n) is 4.33. The van der Waals surface area contributed by atoms with E-state index in [2.05, 4.69) is 10.3 Å². The third-order valence-electron chi connectivity index (χ3n) is 2.79. The van der Waals surface area contributed by atoms with Crippen LogP contribution in [0, 0.1) is 17.5 Å². The first kappa shape index (κ1) is 16.5. The predicted octanol–water partition coefficient (Wildman–Crippen LogP) is 2.93. The van der Waals surface area contributed by atoms with Crippen molar-refractivity contribution in [1.29, 1.82) is 0 Å². The smallest absolute Gasteiger partial charge is 0.338 e. The van der Waals surface area contributed by atoms with Crippen molar-refractivity contribution in [2.24, 2.45) is 0 Å². The molecule has 0 aliphatic carbocycles. The van der Waals surface area contributed by atoms with Gasteiger partial charge in [0.1, 0.15) is 5.82 Å². The largest absolute Gasteiger partial charge is 0.462 e. The van der Waals surface area contributed by atoms with E-state index in [4.69, 9.17) is 4.74 Å². The number of pyridine rings is 1. The molecule has 2 aromatic rings. The van der Waals surface area contributed by atoms with E-state index >= 15 is 0 Å². The Morgan fingerprint density at radius 1 is 1.17 bits per heavy atom. The fraction of sp³-hybridized carbons (Fsp3) is 0.133. The summed E-state index contributed by atoms with van der Waals surface area (Å²) in [5.41, 5.74) is -0.560. The van der Waals surface area contributed by atoms with Gasteiger partial charge < -0.3 is 10.1 Å². The standard InChI is InChI=1S/C15H11F3N2O3/c1-2-23-15(22)8-5-6-19-11(7-8)20-14(21)9-3-4-10(16)13(18)12(9)17/h3-7H,2H2,1H3,(H,19,20,21). The number of carbonyl (C=O) groups excluding carboxylic acids is 2. The van der Waals surface area contributed by atoms with Crippen molar-refractivity contribution < 1.29 is 27.5 Å². The number of ether oxygens (including phenoxy) is 1. The summed E-state index contributed by atoms with van der Waals surface area (Å²) < 4.78 is 44.3. The lowest BCUT2D eigenvalue weighted by Gasteiger charge is -2.07. The minimum atomic E-state index is -1.74. The Bertz CT molecular complexity index is 766. The van der Waals surface area contributed by atoms with Gasteiger partial charge in [-0.3, -0.25) is 4.79 Å². The van der Waals surface area contributed by atoms with Gasteiger partial charge in [-0.2, -0.15) is 0 Å². The minimum absolute atomic E-state index is 0.0651. The molecule has 120 valence electrons. The van der Waals surface area contributed by atoms with Crippen LogP contribution in [0.3, 0.4) is 0 Å². The molecule has 23 heavy (non-hydrogen) atoms. The summed E-state index contributed by atoms with van der Waals surface area (Å²) in [6.45, 7) is 1.80. The zero-order valence-electron chi connectivity index (χ0n) is 11.9. The fourth-order valence-corrected chi connectivity index (χ4v) is 1.73. The first-order chi connectivity index (χ1) is 10.9. The summed E-state index contributed by atoms with van der Waals surface area (Å²) >= 11 is 0. The van der Waals surface area contributed by atoms with Gasteiger partial charge in [0.15, 0.2) is 17.5 Å². The average Bonchev–Trinajstić information content (AvgIpc) is 2.53. The Hall–Kier alpha value is -2.90. The predicted molar refractivity (Wildman–Crippen MR) is 74.5 cm³/mol. The number of carbonyl (C=O) groups is 2. The van der Waals surface area contributed by atoms with Crippen LogP contribution in [0.5, 0.6) is 0 Å². The van der Waals surface area contributed by atoms with E-state index in [1.165, 1.54) is 18.3 Å². The van der Waals surface area contributed by atoms with Gasteiger partial charge in [-0.05, 0) is 31.2 Å². The quantitative estimate of drug-likeness (QED) is 0.693. The second kappa shape index (κ2) is 6.91. The molecule has 0 saturated carbocycles. The van der Waals surface area contributed by atoms with E-state index in [0.717, 1.165) is 6.07 Å². The van der Waals surface area contributed by atoms with Crippen LogP contribution in [-0.2, 0) is 4.74 Å². The molecule has 0 unspecified atom stereocenters. The van der Waals surface area contributed by atoms with Crippen LogP contribution in [0.25, 0.3) is 0 Å². The highest BCUT2D eigenvalue weighted by molar-refractivity contribution is 6.04. The van der Waals surface area contributed by atoms with E-state index in [9.17, 15) is 22.8 Å². The van der Waals surface area contributed by atoms with E-state index in [1.807, 2.05) is 0 Å². The molecule has 0 aliphatic rings. The maximum absolute atomic E-state index is 13.6. The monoisotopic (exact) mass is 324 g/mol. The van der Waals surface area contributed by atoms with E-state index in [1.54, 1.807) is 6.92 Å². The van der Waals surface area contributed by atoms with Gasteiger partial charge in [0.25, 0.3) is 5.91 Å². The molecule has 8 heteroatoms. The number of hydrogen-bond acceptors (Lipinski definition) is 4. The van der Waals surface area contributed by atoms with E-state index < -0.39 is 34.9 Å². The Labute approximate surface area is 129 Å². The summed E-state index contributed by atoms with van der Waals surface area (Å²) in [7, 11) is 0. The highest BCUT2D eigenvalue weighted by atomic mass is 19.2. The number of anilines is 1. The summed E-state index contributed by atoms with van der Waals surface area (Å²) in [6.07, 6.45) is 1.24. The van der Waals surface area contributed by atoms with Crippen molar-refractivity contribution in [3.63, 3.8) is 0 Å². The molecule has 0 atom stereocenters.